The number of amides is 2. The number of rotatable bonds is 23. The molecule has 1 aromatic rings. The van der Waals surface area contributed by atoms with E-state index >= 15 is 0 Å². The van der Waals surface area contributed by atoms with Gasteiger partial charge in [-0.3, -0.25) is 4.79 Å². The summed E-state index contributed by atoms with van der Waals surface area (Å²) in [4.78, 5) is 29.5. The highest BCUT2D eigenvalue weighted by Crippen LogP contribution is 2.31. The molecule has 0 aliphatic carbocycles. The van der Waals surface area contributed by atoms with E-state index in [0.29, 0.717) is 18.0 Å². The lowest BCUT2D eigenvalue weighted by Crippen LogP contribution is -2.47. The summed E-state index contributed by atoms with van der Waals surface area (Å²) < 4.78 is 16.5. The van der Waals surface area contributed by atoms with Gasteiger partial charge in [0.1, 0.15) is 6.61 Å². The Labute approximate surface area is 274 Å². The van der Waals surface area contributed by atoms with Crippen LogP contribution in [-0.2, 0) is 22.6 Å². The lowest BCUT2D eigenvalue weighted by atomic mass is 10.0. The molecule has 2 amide bonds. The second kappa shape index (κ2) is 25.1. The van der Waals surface area contributed by atoms with E-state index in [4.69, 9.17) is 14.2 Å². The number of unbranched alkanes of at least 4 members (excludes halogenated alkanes) is 15. The number of likely N-dealkylation sites (N-methyl/N-ethyl adjacent to an activating group) is 1. The highest BCUT2D eigenvalue weighted by atomic mass is 35.5. The van der Waals surface area contributed by atoms with Gasteiger partial charge in [-0.05, 0) is 36.7 Å². The summed E-state index contributed by atoms with van der Waals surface area (Å²) >= 11 is 0. The number of ether oxygens (including phenoxy) is 3. The van der Waals surface area contributed by atoms with Crippen molar-refractivity contribution in [1.82, 2.24) is 15.1 Å². The van der Waals surface area contributed by atoms with E-state index in [0.717, 1.165) is 50.1 Å². The summed E-state index contributed by atoms with van der Waals surface area (Å²) in [5.74, 6) is 1.17. The van der Waals surface area contributed by atoms with Crippen molar-refractivity contribution in [2.75, 3.05) is 54.0 Å². The molecule has 0 atom stereocenters. The third kappa shape index (κ3) is 16.8. The van der Waals surface area contributed by atoms with Crippen molar-refractivity contribution in [3.8, 4) is 11.5 Å². The first kappa shape index (κ1) is 39.8. The fraction of sp³-hybridized carbons (Fsp3) is 0.771. The molecule has 0 radical (unpaired) electrons. The molecule has 1 fully saturated rings. The van der Waals surface area contributed by atoms with Gasteiger partial charge in [-0.2, -0.15) is 0 Å². The molecule has 1 N–H and O–H groups in total. The maximum absolute atomic E-state index is 13.0. The van der Waals surface area contributed by atoms with Gasteiger partial charge in [0, 0.05) is 32.7 Å². The van der Waals surface area contributed by atoms with Crippen molar-refractivity contribution in [1.29, 1.82) is 0 Å². The van der Waals surface area contributed by atoms with Crippen molar-refractivity contribution >= 4 is 24.4 Å². The zero-order chi connectivity index (χ0) is 31.1. The molecule has 0 spiro atoms. The number of nitrogens with zero attached hydrogens (tertiary/aromatic N) is 2. The van der Waals surface area contributed by atoms with E-state index < -0.39 is 6.09 Å². The van der Waals surface area contributed by atoms with Gasteiger partial charge in [-0.1, -0.05) is 103 Å². The van der Waals surface area contributed by atoms with Crippen LogP contribution in [0.15, 0.2) is 12.1 Å². The molecule has 0 unspecified atom stereocenters. The largest absolute Gasteiger partial charge is 0.493 e. The summed E-state index contributed by atoms with van der Waals surface area (Å²) in [5, 5.41) is 2.87. The van der Waals surface area contributed by atoms with Gasteiger partial charge in [-0.15, -0.1) is 12.4 Å². The molecule has 254 valence electrons. The molecule has 1 aliphatic rings. The number of alkyl carbamates (subject to hydrolysis) is 1. The second-order valence-corrected chi connectivity index (χ2v) is 12.1. The van der Waals surface area contributed by atoms with Crippen LogP contribution in [0.5, 0.6) is 11.5 Å². The van der Waals surface area contributed by atoms with Crippen LogP contribution in [0.3, 0.4) is 0 Å². The second-order valence-electron chi connectivity index (χ2n) is 12.1. The first-order valence-corrected chi connectivity index (χ1v) is 17.1. The molecule has 1 heterocycles. The summed E-state index contributed by atoms with van der Waals surface area (Å²) in [6.45, 7) is 6.12. The molecule has 1 saturated heterocycles. The monoisotopic (exact) mass is 639 g/mol. The highest BCUT2D eigenvalue weighted by molar-refractivity contribution is 5.85. The van der Waals surface area contributed by atoms with Crippen LogP contribution in [0.1, 0.15) is 121 Å². The third-order valence-electron chi connectivity index (χ3n) is 8.56. The fourth-order valence-corrected chi connectivity index (χ4v) is 5.65. The molecule has 1 aromatic carbocycles. The van der Waals surface area contributed by atoms with Crippen LogP contribution in [-0.4, -0.2) is 75.8 Å². The molecule has 1 aliphatic heterocycles. The Hall–Kier alpha value is -2.19. The summed E-state index contributed by atoms with van der Waals surface area (Å²) in [7, 11) is 5.21. The average Bonchev–Trinajstić information content (AvgIpc) is 3.01. The molecule has 0 aromatic heterocycles. The molecule has 8 nitrogen and oxygen atoms in total. The van der Waals surface area contributed by atoms with E-state index in [1.165, 1.54) is 89.9 Å². The number of carbonyl (C=O) groups excluding carboxylic acids is 2. The summed E-state index contributed by atoms with van der Waals surface area (Å²) in [6, 6.07) is 3.62. The molecule has 2 rings (SSSR count). The first-order valence-electron chi connectivity index (χ1n) is 17.1. The third-order valence-corrected chi connectivity index (χ3v) is 8.56. The maximum atomic E-state index is 13.0. The van der Waals surface area contributed by atoms with Crippen LogP contribution >= 0.6 is 12.4 Å². The molecule has 9 heteroatoms. The van der Waals surface area contributed by atoms with Crippen molar-refractivity contribution < 1.29 is 23.8 Å². The van der Waals surface area contributed by atoms with E-state index in [-0.39, 0.29) is 31.3 Å². The number of methoxy groups -OCH3 is 2. The van der Waals surface area contributed by atoms with Gasteiger partial charge in [0.05, 0.1) is 20.6 Å². The Morgan fingerprint density at radius 2 is 1.16 bits per heavy atom. The lowest BCUT2D eigenvalue weighted by molar-refractivity contribution is -0.132. The van der Waals surface area contributed by atoms with Crippen LogP contribution in [0, 0.1) is 0 Å². The van der Waals surface area contributed by atoms with Gasteiger partial charge in [0.2, 0.25) is 5.91 Å². The van der Waals surface area contributed by atoms with E-state index in [2.05, 4.69) is 24.2 Å². The SMILES string of the molecule is CCCCCCCCCCCCCCCCCCNC(=O)OCc1cc(OC)c(OC)cc1CC(=O)N1CCN(C)CC1.Cl. The number of piperazine rings is 1. The van der Waals surface area contributed by atoms with Crippen molar-refractivity contribution in [3.05, 3.63) is 23.3 Å². The van der Waals surface area contributed by atoms with Crippen molar-refractivity contribution in [2.45, 2.75) is 123 Å². The Morgan fingerprint density at radius 3 is 1.64 bits per heavy atom. The quantitative estimate of drug-likeness (QED) is 0.123. The number of carbonyl (C=O) groups is 2. The van der Waals surface area contributed by atoms with Gasteiger partial charge in [0.15, 0.2) is 11.5 Å². The predicted molar refractivity (Wildman–Crippen MR) is 182 cm³/mol. The zero-order valence-corrected chi connectivity index (χ0v) is 29.1. The van der Waals surface area contributed by atoms with E-state index in [1.807, 2.05) is 11.0 Å². The van der Waals surface area contributed by atoms with Crippen LogP contribution in [0.4, 0.5) is 4.79 Å². The number of benzene rings is 1. The predicted octanol–water partition coefficient (Wildman–Crippen LogP) is 7.93. The number of nitrogens with one attached hydrogen (secondary N) is 1. The average molecular weight is 640 g/mol. The summed E-state index contributed by atoms with van der Waals surface area (Å²) in [6.07, 6.45) is 21.0. The normalized spacial score (nSPS) is 13.3. The van der Waals surface area contributed by atoms with Crippen LogP contribution in [0.2, 0.25) is 0 Å². The highest BCUT2D eigenvalue weighted by Gasteiger charge is 2.22. The number of hydrogen-bond donors (Lipinski definition) is 1. The Morgan fingerprint density at radius 1 is 0.705 bits per heavy atom. The van der Waals surface area contributed by atoms with Gasteiger partial charge < -0.3 is 29.3 Å². The lowest BCUT2D eigenvalue weighted by Gasteiger charge is -2.32. The standard InChI is InChI=1S/C35H61N3O5.ClH/c1-5-6-7-8-9-10-11-12-13-14-15-16-17-18-19-20-21-36-35(40)43-29-31-27-33(42-4)32(41-3)26-30(31)28-34(39)38-24-22-37(2)23-25-38;/h26-27H,5-25,28-29H2,1-4H3,(H,36,40);1H. The van der Waals surface area contributed by atoms with Gasteiger partial charge >= 0.3 is 6.09 Å². The maximum Gasteiger partial charge on any atom is 0.407 e. The molecule has 0 saturated carbocycles. The minimum atomic E-state index is -0.438. The smallest absolute Gasteiger partial charge is 0.407 e. The molecule has 0 bridgehead atoms. The van der Waals surface area contributed by atoms with Gasteiger partial charge in [0.25, 0.3) is 0 Å². The van der Waals surface area contributed by atoms with Crippen molar-refractivity contribution in [3.63, 3.8) is 0 Å². The van der Waals surface area contributed by atoms with Crippen LogP contribution < -0.4 is 14.8 Å². The Bertz CT molecular complexity index is 909. The fourth-order valence-electron chi connectivity index (χ4n) is 5.65. The van der Waals surface area contributed by atoms with Crippen LogP contribution in [0.25, 0.3) is 0 Å². The summed E-state index contributed by atoms with van der Waals surface area (Å²) in [5.41, 5.74) is 1.53. The Balaban J connectivity index is 0.00000968. The Kier molecular flexibility index (Phi) is 22.7. The van der Waals surface area contributed by atoms with E-state index in [1.54, 1.807) is 20.3 Å². The van der Waals surface area contributed by atoms with Crippen molar-refractivity contribution in [2.24, 2.45) is 0 Å². The minimum absolute atomic E-state index is 0. The number of hydrogen-bond acceptors (Lipinski definition) is 6. The zero-order valence-electron chi connectivity index (χ0n) is 28.3. The molecular weight excluding hydrogens is 578 g/mol. The molecule has 44 heavy (non-hydrogen) atoms. The van der Waals surface area contributed by atoms with Gasteiger partial charge in [-0.25, -0.2) is 4.79 Å². The molecular formula is C35H62ClN3O5. The first-order chi connectivity index (χ1) is 21.0. The minimum Gasteiger partial charge on any atom is -0.493 e. The number of halogens is 1. The topological polar surface area (TPSA) is 80.3 Å². The van der Waals surface area contributed by atoms with E-state index in [9.17, 15) is 9.59 Å².